The lowest BCUT2D eigenvalue weighted by Crippen LogP contribution is -1.79. The molecule has 25 heavy (non-hydrogen) atoms. The minimum atomic E-state index is -0.143. The van der Waals surface area contributed by atoms with E-state index in [0.717, 1.165) is 0 Å². The zero-order chi connectivity index (χ0) is 17.6. The van der Waals surface area contributed by atoms with Gasteiger partial charge in [0.2, 0.25) is 0 Å². The Hall–Kier alpha value is -3.54. The van der Waals surface area contributed by atoms with E-state index in [9.17, 15) is 10.2 Å². The molecule has 0 aliphatic rings. The summed E-state index contributed by atoms with van der Waals surface area (Å²) < 4.78 is 0. The van der Waals surface area contributed by atoms with Crippen LogP contribution in [0.25, 0.3) is 0 Å². The second-order valence-electron chi connectivity index (χ2n) is 5.31. The summed E-state index contributed by atoms with van der Waals surface area (Å²) in [6, 6.07) is 19.8. The van der Waals surface area contributed by atoms with Crippen molar-refractivity contribution in [1.82, 2.24) is 0 Å². The monoisotopic (exact) mass is 332 g/mol. The molecular formula is C19H16N4O2. The van der Waals surface area contributed by atoms with E-state index in [1.807, 2.05) is 36.4 Å². The molecule has 0 fully saturated rings. The number of phenolic OH excluding ortho intramolecular Hbond substituents is 2. The number of aromatic hydroxyl groups is 2. The predicted molar refractivity (Wildman–Crippen MR) is 95.7 cm³/mol. The Bertz CT molecular complexity index is 849. The molecule has 3 aromatic carbocycles. The van der Waals surface area contributed by atoms with E-state index in [4.69, 9.17) is 0 Å². The molecular weight excluding hydrogens is 316 g/mol. The van der Waals surface area contributed by atoms with Crippen LogP contribution in [0.5, 0.6) is 11.5 Å². The van der Waals surface area contributed by atoms with Crippen molar-refractivity contribution in [2.24, 2.45) is 20.5 Å². The summed E-state index contributed by atoms with van der Waals surface area (Å²) >= 11 is 0. The standard InChI is InChI=1S/C19H16N4O2/c1-13-18(24)16(22-20-14-8-4-2-5-9-14)12-17(19(13)25)23-21-15-10-6-3-7-11-15/h2-12,24-25H,1H3. The van der Waals surface area contributed by atoms with Gasteiger partial charge in [-0.2, -0.15) is 10.2 Å². The van der Waals surface area contributed by atoms with Crippen LogP contribution < -0.4 is 0 Å². The molecule has 0 radical (unpaired) electrons. The van der Waals surface area contributed by atoms with Crippen LogP contribution in [0.1, 0.15) is 5.56 Å². The van der Waals surface area contributed by atoms with Crippen molar-refractivity contribution in [3.8, 4) is 11.5 Å². The van der Waals surface area contributed by atoms with Crippen molar-refractivity contribution in [3.05, 3.63) is 72.3 Å². The zero-order valence-electron chi connectivity index (χ0n) is 13.5. The van der Waals surface area contributed by atoms with Gasteiger partial charge in [-0.15, -0.1) is 10.2 Å². The minimum absolute atomic E-state index is 0.143. The van der Waals surface area contributed by atoms with Gasteiger partial charge < -0.3 is 10.2 Å². The molecule has 3 aromatic rings. The molecule has 0 atom stereocenters. The van der Waals surface area contributed by atoms with Gasteiger partial charge in [0, 0.05) is 11.6 Å². The van der Waals surface area contributed by atoms with Crippen molar-refractivity contribution >= 4 is 22.7 Å². The largest absolute Gasteiger partial charge is 0.505 e. The molecule has 6 nitrogen and oxygen atoms in total. The molecule has 0 spiro atoms. The summed E-state index contributed by atoms with van der Waals surface area (Å²) in [5.41, 5.74) is 1.99. The van der Waals surface area contributed by atoms with Crippen molar-refractivity contribution in [1.29, 1.82) is 0 Å². The molecule has 0 saturated heterocycles. The van der Waals surface area contributed by atoms with E-state index >= 15 is 0 Å². The van der Waals surface area contributed by atoms with Crippen LogP contribution in [0, 0.1) is 6.92 Å². The first-order valence-electron chi connectivity index (χ1n) is 7.64. The predicted octanol–water partition coefficient (Wildman–Crippen LogP) is 6.24. The maximum absolute atomic E-state index is 10.2. The van der Waals surface area contributed by atoms with Gasteiger partial charge in [-0.1, -0.05) is 36.4 Å². The highest BCUT2D eigenvalue weighted by molar-refractivity contribution is 5.70. The van der Waals surface area contributed by atoms with Crippen LogP contribution in [0.2, 0.25) is 0 Å². The summed E-state index contributed by atoms with van der Waals surface area (Å²) in [4.78, 5) is 0. The summed E-state index contributed by atoms with van der Waals surface area (Å²) in [7, 11) is 0. The van der Waals surface area contributed by atoms with Crippen molar-refractivity contribution < 1.29 is 10.2 Å². The van der Waals surface area contributed by atoms with Gasteiger partial charge in [0.1, 0.15) is 22.9 Å². The molecule has 2 N–H and O–H groups in total. The highest BCUT2D eigenvalue weighted by atomic mass is 16.3. The second-order valence-corrected chi connectivity index (χ2v) is 5.31. The summed E-state index contributed by atoms with van der Waals surface area (Å²) in [6.45, 7) is 1.58. The van der Waals surface area contributed by atoms with Gasteiger partial charge in [0.25, 0.3) is 0 Å². The molecule has 0 bridgehead atoms. The molecule has 0 aromatic heterocycles. The van der Waals surface area contributed by atoms with Crippen LogP contribution in [0.3, 0.4) is 0 Å². The van der Waals surface area contributed by atoms with Crippen molar-refractivity contribution in [3.63, 3.8) is 0 Å². The smallest absolute Gasteiger partial charge is 0.149 e. The van der Waals surface area contributed by atoms with Gasteiger partial charge in [-0.05, 0) is 31.2 Å². The van der Waals surface area contributed by atoms with Gasteiger partial charge in [-0.25, -0.2) is 0 Å². The van der Waals surface area contributed by atoms with E-state index in [-0.39, 0.29) is 28.4 Å². The summed E-state index contributed by atoms with van der Waals surface area (Å²) in [6.07, 6.45) is 0. The third kappa shape index (κ3) is 3.87. The third-order valence-corrected chi connectivity index (χ3v) is 3.53. The van der Waals surface area contributed by atoms with Crippen molar-refractivity contribution in [2.45, 2.75) is 6.92 Å². The van der Waals surface area contributed by atoms with Gasteiger partial charge in [0.05, 0.1) is 11.4 Å². The minimum Gasteiger partial charge on any atom is -0.505 e. The van der Waals surface area contributed by atoms with Crippen LogP contribution in [0.4, 0.5) is 22.7 Å². The molecule has 0 aliphatic heterocycles. The number of phenols is 2. The Morgan fingerprint density at radius 3 is 1.40 bits per heavy atom. The Morgan fingerprint density at radius 2 is 1.00 bits per heavy atom. The fourth-order valence-corrected chi connectivity index (χ4v) is 2.13. The molecule has 0 unspecified atom stereocenters. The van der Waals surface area contributed by atoms with Crippen LogP contribution in [-0.4, -0.2) is 10.2 Å². The molecule has 6 heteroatoms. The maximum atomic E-state index is 10.2. The molecule has 0 aliphatic carbocycles. The number of azo groups is 2. The summed E-state index contributed by atoms with van der Waals surface area (Å²) in [5.74, 6) is -0.285. The van der Waals surface area contributed by atoms with Gasteiger partial charge in [0.15, 0.2) is 0 Å². The Morgan fingerprint density at radius 1 is 0.600 bits per heavy atom. The highest BCUT2D eigenvalue weighted by Crippen LogP contribution is 2.43. The Kier molecular flexibility index (Phi) is 4.80. The van der Waals surface area contributed by atoms with Crippen LogP contribution >= 0.6 is 0 Å². The zero-order valence-corrected chi connectivity index (χ0v) is 13.5. The topological polar surface area (TPSA) is 89.9 Å². The normalized spacial score (nSPS) is 11.4. The summed E-state index contributed by atoms with van der Waals surface area (Å²) in [5, 5.41) is 36.6. The quantitative estimate of drug-likeness (QED) is 0.554. The fourth-order valence-electron chi connectivity index (χ4n) is 2.13. The van der Waals surface area contributed by atoms with Gasteiger partial charge in [-0.3, -0.25) is 0 Å². The molecule has 3 rings (SSSR count). The first kappa shape index (κ1) is 16.3. The first-order valence-corrected chi connectivity index (χ1v) is 7.64. The lowest BCUT2D eigenvalue weighted by atomic mass is 10.1. The van der Waals surface area contributed by atoms with Crippen LogP contribution in [0.15, 0.2) is 87.2 Å². The number of hydrogen-bond acceptors (Lipinski definition) is 6. The lowest BCUT2D eigenvalue weighted by molar-refractivity contribution is 0.445. The number of rotatable bonds is 4. The second kappa shape index (κ2) is 7.35. The Balaban J connectivity index is 1.96. The van der Waals surface area contributed by atoms with E-state index < -0.39 is 0 Å². The average molecular weight is 332 g/mol. The number of hydrogen-bond donors (Lipinski definition) is 2. The van der Waals surface area contributed by atoms with E-state index in [1.54, 1.807) is 31.2 Å². The first-order chi connectivity index (χ1) is 12.1. The molecule has 0 saturated carbocycles. The lowest BCUT2D eigenvalue weighted by Gasteiger charge is -2.07. The van der Waals surface area contributed by atoms with Crippen LogP contribution in [-0.2, 0) is 0 Å². The van der Waals surface area contributed by atoms with E-state index in [1.165, 1.54) is 6.07 Å². The van der Waals surface area contributed by atoms with Crippen molar-refractivity contribution in [2.75, 3.05) is 0 Å². The maximum Gasteiger partial charge on any atom is 0.149 e. The molecule has 124 valence electrons. The highest BCUT2D eigenvalue weighted by Gasteiger charge is 2.14. The third-order valence-electron chi connectivity index (χ3n) is 3.53. The molecule has 0 heterocycles. The number of nitrogens with zero attached hydrogens (tertiary/aromatic N) is 4. The van der Waals surface area contributed by atoms with Gasteiger partial charge >= 0.3 is 0 Å². The van der Waals surface area contributed by atoms with E-state index in [0.29, 0.717) is 11.4 Å². The Labute approximate surface area is 144 Å². The SMILES string of the molecule is Cc1c(O)c(N=Nc2ccccc2)cc(N=Nc2ccccc2)c1O. The fraction of sp³-hybridized carbons (Fsp3) is 0.0526. The number of benzene rings is 3. The molecule has 0 amide bonds. The van der Waals surface area contributed by atoms with E-state index in [2.05, 4.69) is 20.5 Å². The average Bonchev–Trinajstić information content (AvgIpc) is 2.66.